The van der Waals surface area contributed by atoms with Gasteiger partial charge in [0, 0.05) is 30.7 Å². The molecule has 0 spiro atoms. The highest BCUT2D eigenvalue weighted by Gasteiger charge is 2.43. The second kappa shape index (κ2) is 8.55. The fourth-order valence-corrected chi connectivity index (χ4v) is 5.45. The number of nitrogens with zero attached hydrogens (tertiary/aromatic N) is 4. The molecule has 36 heavy (non-hydrogen) atoms. The lowest BCUT2D eigenvalue weighted by atomic mass is 9.90. The maximum absolute atomic E-state index is 16.0. The van der Waals surface area contributed by atoms with Crippen LogP contribution in [0.4, 0.5) is 20.3 Å². The number of amides is 1. The van der Waals surface area contributed by atoms with E-state index in [1.807, 2.05) is 24.1 Å². The van der Waals surface area contributed by atoms with Crippen molar-refractivity contribution in [3.63, 3.8) is 0 Å². The third-order valence-corrected chi connectivity index (χ3v) is 7.68. The van der Waals surface area contributed by atoms with Gasteiger partial charge in [-0.3, -0.25) is 9.89 Å². The number of aromatic nitrogens is 4. The highest BCUT2D eigenvalue weighted by Crippen LogP contribution is 2.41. The van der Waals surface area contributed by atoms with Gasteiger partial charge in [0.15, 0.2) is 11.6 Å². The van der Waals surface area contributed by atoms with Crippen molar-refractivity contribution in [1.82, 2.24) is 19.8 Å². The topological polar surface area (TPSA) is 98.6 Å². The Morgan fingerprint density at radius 1 is 1.28 bits per heavy atom. The summed E-state index contributed by atoms with van der Waals surface area (Å²) in [5.74, 6) is -0.916. The summed E-state index contributed by atoms with van der Waals surface area (Å²) in [5.41, 5.74) is 3.89. The van der Waals surface area contributed by atoms with Crippen molar-refractivity contribution in [3.8, 4) is 11.1 Å². The number of H-pyrrole nitrogens is 1. The summed E-state index contributed by atoms with van der Waals surface area (Å²) >= 11 is 0. The average Bonchev–Trinajstić information content (AvgIpc) is 3.22. The fraction of sp³-hybridized carbons (Fsp3) is 0.423. The molecular weight excluding hydrogens is 466 g/mol. The third kappa shape index (κ3) is 3.80. The van der Waals surface area contributed by atoms with E-state index < -0.39 is 12.1 Å². The third-order valence-electron chi connectivity index (χ3n) is 7.68. The zero-order valence-electron chi connectivity index (χ0n) is 20.1. The van der Waals surface area contributed by atoms with Gasteiger partial charge in [-0.05, 0) is 67.9 Å². The zero-order valence-corrected chi connectivity index (χ0v) is 20.1. The molecule has 1 aromatic carbocycles. The average molecular weight is 495 g/mol. The number of hydrogen-bond donors (Lipinski definition) is 3. The van der Waals surface area contributed by atoms with Gasteiger partial charge in [0.05, 0.1) is 34.9 Å². The molecule has 2 fully saturated rings. The normalized spacial score (nSPS) is 23.8. The van der Waals surface area contributed by atoms with Crippen LogP contribution in [0, 0.1) is 18.7 Å². The molecule has 3 heterocycles. The molecule has 0 radical (unpaired) electrons. The van der Waals surface area contributed by atoms with Crippen molar-refractivity contribution in [2.75, 3.05) is 17.3 Å². The first-order valence-corrected chi connectivity index (χ1v) is 12.3. The minimum absolute atomic E-state index is 0.139. The Morgan fingerprint density at radius 2 is 2.03 bits per heavy atom. The lowest BCUT2D eigenvalue weighted by molar-refractivity contribution is -0.117. The van der Waals surface area contributed by atoms with E-state index in [9.17, 15) is 14.3 Å². The summed E-state index contributed by atoms with van der Waals surface area (Å²) in [6.45, 7) is 1.77. The zero-order chi connectivity index (χ0) is 25.1. The van der Waals surface area contributed by atoms with Crippen LogP contribution < -0.4 is 10.2 Å². The van der Waals surface area contributed by atoms with Crippen LogP contribution in [-0.4, -0.2) is 56.2 Å². The van der Waals surface area contributed by atoms with Gasteiger partial charge in [0.2, 0.25) is 5.91 Å². The second-order valence-corrected chi connectivity index (χ2v) is 10.1. The molecule has 6 rings (SSSR count). The molecule has 2 saturated carbocycles. The van der Waals surface area contributed by atoms with Crippen molar-refractivity contribution in [1.29, 1.82) is 0 Å². The van der Waals surface area contributed by atoms with Crippen LogP contribution in [0.15, 0.2) is 30.6 Å². The Morgan fingerprint density at radius 3 is 2.75 bits per heavy atom. The quantitative estimate of drug-likeness (QED) is 0.383. The standard InChI is InChI=1S/C26H28F2N6O2/c1-13-22(14-7-8-34-16(9-14)10-21(32-34)30-26(36)18-11-20(18)27)19-12-29-31-24(19)25(23(13)28)33(2)15-3-5-17(35)6-4-15/h7-10,12,15,17-18,20,35H,3-6,11H2,1-2H3,(H,29,31)(H,30,32,36)/t15?,17?,18-,20+/m1/s1. The van der Waals surface area contributed by atoms with Crippen molar-refractivity contribution in [2.24, 2.45) is 5.92 Å². The van der Waals surface area contributed by atoms with Crippen LogP contribution in [-0.2, 0) is 4.79 Å². The van der Waals surface area contributed by atoms with Gasteiger partial charge in [-0.2, -0.15) is 10.2 Å². The van der Waals surface area contributed by atoms with Crippen molar-refractivity contribution >= 4 is 33.8 Å². The van der Waals surface area contributed by atoms with Gasteiger partial charge in [0.25, 0.3) is 0 Å². The van der Waals surface area contributed by atoms with Gasteiger partial charge in [-0.15, -0.1) is 0 Å². The number of anilines is 2. The van der Waals surface area contributed by atoms with Crippen LogP contribution in [0.1, 0.15) is 37.7 Å². The number of hydrogen-bond acceptors (Lipinski definition) is 5. The predicted octanol–water partition coefficient (Wildman–Crippen LogP) is 4.36. The molecule has 4 aromatic rings. The molecule has 1 amide bonds. The maximum atomic E-state index is 16.0. The minimum Gasteiger partial charge on any atom is -0.393 e. The number of pyridine rings is 1. The molecule has 0 bridgehead atoms. The molecule has 0 aliphatic heterocycles. The number of fused-ring (bicyclic) bond motifs is 2. The number of rotatable bonds is 5. The number of halogens is 2. The summed E-state index contributed by atoms with van der Waals surface area (Å²) in [6.07, 6.45) is 5.40. The van der Waals surface area contributed by atoms with Gasteiger partial charge in [0.1, 0.15) is 6.17 Å². The van der Waals surface area contributed by atoms with E-state index in [4.69, 9.17) is 0 Å². The van der Waals surface area contributed by atoms with E-state index in [1.165, 1.54) is 0 Å². The van der Waals surface area contributed by atoms with Gasteiger partial charge < -0.3 is 15.3 Å². The number of alkyl halides is 1. The Hall–Kier alpha value is -3.53. The lowest BCUT2D eigenvalue weighted by Gasteiger charge is -2.35. The fourth-order valence-electron chi connectivity index (χ4n) is 5.45. The predicted molar refractivity (Wildman–Crippen MR) is 133 cm³/mol. The Kier molecular flexibility index (Phi) is 5.44. The first kappa shape index (κ1) is 22.9. The number of carbonyl (C=O) groups is 1. The molecule has 188 valence electrons. The van der Waals surface area contributed by atoms with E-state index in [2.05, 4.69) is 20.6 Å². The highest BCUT2D eigenvalue weighted by atomic mass is 19.1. The van der Waals surface area contributed by atoms with Gasteiger partial charge in [-0.1, -0.05) is 0 Å². The van der Waals surface area contributed by atoms with Crippen molar-refractivity contribution in [2.45, 2.75) is 57.3 Å². The summed E-state index contributed by atoms with van der Waals surface area (Å²) < 4.78 is 30.8. The van der Waals surface area contributed by atoms with Gasteiger partial charge in [-0.25, -0.2) is 13.3 Å². The van der Waals surface area contributed by atoms with Crippen LogP contribution in [0.2, 0.25) is 0 Å². The summed E-state index contributed by atoms with van der Waals surface area (Å²) in [7, 11) is 1.90. The molecule has 2 aliphatic carbocycles. The summed E-state index contributed by atoms with van der Waals surface area (Å²) in [6, 6.07) is 5.59. The Balaban J connectivity index is 1.37. The first-order valence-electron chi connectivity index (χ1n) is 12.3. The molecular formula is C26H28F2N6O2. The van der Waals surface area contributed by atoms with E-state index in [0.717, 1.165) is 29.4 Å². The Labute approximate surface area is 206 Å². The summed E-state index contributed by atoms with van der Waals surface area (Å²) in [5, 5.41) is 25.0. The van der Waals surface area contributed by atoms with E-state index in [-0.39, 0.29) is 30.3 Å². The van der Waals surface area contributed by atoms with E-state index in [1.54, 1.807) is 29.9 Å². The smallest absolute Gasteiger partial charge is 0.231 e. The van der Waals surface area contributed by atoms with Crippen LogP contribution >= 0.6 is 0 Å². The summed E-state index contributed by atoms with van der Waals surface area (Å²) in [4.78, 5) is 14.1. The molecule has 2 aliphatic rings. The molecule has 10 heteroatoms. The molecule has 2 atom stereocenters. The molecule has 0 saturated heterocycles. The monoisotopic (exact) mass is 494 g/mol. The second-order valence-electron chi connectivity index (χ2n) is 10.1. The molecule has 0 unspecified atom stereocenters. The SMILES string of the molecule is Cc1c(F)c(N(C)C2CCC(O)CC2)c2[nH]ncc2c1-c1ccn2nc(NC(=O)[C@@H]3C[C@@H]3F)cc2c1. The number of aliphatic hydroxyl groups is 1. The number of aliphatic hydroxyl groups excluding tert-OH is 1. The maximum Gasteiger partial charge on any atom is 0.231 e. The van der Waals surface area contributed by atoms with Crippen LogP contribution in [0.25, 0.3) is 27.5 Å². The molecule has 3 N–H and O–H groups in total. The van der Waals surface area contributed by atoms with Crippen molar-refractivity contribution in [3.05, 3.63) is 42.0 Å². The Bertz CT molecular complexity index is 1470. The first-order chi connectivity index (χ1) is 17.3. The molecule has 3 aromatic heterocycles. The van der Waals surface area contributed by atoms with E-state index >= 15 is 4.39 Å². The van der Waals surface area contributed by atoms with Crippen molar-refractivity contribution < 1.29 is 18.7 Å². The van der Waals surface area contributed by atoms with Crippen LogP contribution in [0.3, 0.4) is 0 Å². The largest absolute Gasteiger partial charge is 0.393 e. The number of nitrogens with one attached hydrogen (secondary N) is 2. The molecule has 8 nitrogen and oxygen atoms in total. The van der Waals surface area contributed by atoms with Gasteiger partial charge >= 0.3 is 0 Å². The highest BCUT2D eigenvalue weighted by molar-refractivity contribution is 6.03. The van der Waals surface area contributed by atoms with Crippen LogP contribution in [0.5, 0.6) is 0 Å². The number of aromatic amines is 1. The number of benzene rings is 1. The minimum atomic E-state index is -1.07. The van der Waals surface area contributed by atoms with E-state index in [0.29, 0.717) is 40.9 Å². The number of carbonyl (C=O) groups excluding carboxylic acids is 1. The lowest BCUT2D eigenvalue weighted by Crippen LogP contribution is -2.37.